The van der Waals surface area contributed by atoms with Crippen molar-refractivity contribution in [3.8, 4) is 0 Å². The highest BCUT2D eigenvalue weighted by molar-refractivity contribution is 7.08. The van der Waals surface area contributed by atoms with E-state index in [0.717, 1.165) is 11.4 Å². The van der Waals surface area contributed by atoms with Crippen molar-refractivity contribution in [2.75, 3.05) is 6.54 Å². The Labute approximate surface area is 143 Å². The molecule has 1 saturated carbocycles. The van der Waals surface area contributed by atoms with Crippen LogP contribution in [0, 0.1) is 0 Å². The first kappa shape index (κ1) is 16.0. The molecular weight excluding hydrogens is 332 g/mol. The zero-order valence-corrected chi connectivity index (χ0v) is 14.0. The lowest BCUT2D eigenvalue weighted by molar-refractivity contribution is -0.121. The summed E-state index contributed by atoms with van der Waals surface area (Å²) in [6.45, 7) is 0.346. The summed E-state index contributed by atoms with van der Waals surface area (Å²) in [5.41, 5.74) is 1.84. The molecule has 1 heterocycles. The summed E-state index contributed by atoms with van der Waals surface area (Å²) in [6.07, 6.45) is 1.24. The fourth-order valence-corrected chi connectivity index (χ4v) is 3.26. The molecule has 120 valence electrons. The van der Waals surface area contributed by atoms with E-state index in [2.05, 4.69) is 10.6 Å². The molecule has 4 nitrogen and oxygen atoms in total. The molecule has 0 bridgehead atoms. The smallest absolute Gasteiger partial charge is 0.252 e. The van der Waals surface area contributed by atoms with Gasteiger partial charge in [0.2, 0.25) is 5.91 Å². The minimum absolute atomic E-state index is 0.0305. The number of amides is 2. The molecule has 0 saturated heterocycles. The highest BCUT2D eigenvalue weighted by Gasteiger charge is 2.39. The third-order valence-corrected chi connectivity index (χ3v) is 4.79. The largest absolute Gasteiger partial charge is 0.353 e. The van der Waals surface area contributed by atoms with Crippen LogP contribution in [-0.2, 0) is 4.79 Å². The lowest BCUT2D eigenvalue weighted by Crippen LogP contribution is -2.32. The Bertz CT molecular complexity index is 685. The molecule has 1 aromatic heterocycles. The molecule has 3 rings (SSSR count). The predicted molar refractivity (Wildman–Crippen MR) is 92.0 cm³/mol. The van der Waals surface area contributed by atoms with Crippen molar-refractivity contribution in [2.24, 2.45) is 0 Å². The maximum Gasteiger partial charge on any atom is 0.252 e. The van der Waals surface area contributed by atoms with Gasteiger partial charge in [0.15, 0.2) is 0 Å². The van der Waals surface area contributed by atoms with Crippen LogP contribution in [-0.4, -0.2) is 24.4 Å². The summed E-state index contributed by atoms with van der Waals surface area (Å²) in [7, 11) is 0. The van der Waals surface area contributed by atoms with Crippen LogP contribution in [0.1, 0.15) is 34.7 Å². The molecular formula is C17H17ClN2O2S. The van der Waals surface area contributed by atoms with Crippen molar-refractivity contribution in [3.05, 3.63) is 57.2 Å². The van der Waals surface area contributed by atoms with Gasteiger partial charge in [0.25, 0.3) is 5.91 Å². The highest BCUT2D eigenvalue weighted by atomic mass is 35.5. The van der Waals surface area contributed by atoms with Crippen LogP contribution in [0.5, 0.6) is 0 Å². The molecule has 23 heavy (non-hydrogen) atoms. The molecule has 2 aromatic rings. The maximum atomic E-state index is 11.9. The molecule has 6 heteroatoms. The molecule has 1 aliphatic rings. The topological polar surface area (TPSA) is 58.2 Å². The lowest BCUT2D eigenvalue weighted by Gasteiger charge is -2.06. The molecule has 0 unspecified atom stereocenters. The zero-order valence-electron chi connectivity index (χ0n) is 12.4. The predicted octanol–water partition coefficient (Wildman–Crippen LogP) is 3.19. The van der Waals surface area contributed by atoms with Crippen molar-refractivity contribution in [3.63, 3.8) is 0 Å². The van der Waals surface area contributed by atoms with E-state index in [4.69, 9.17) is 11.6 Å². The number of hydrogen-bond donors (Lipinski definition) is 2. The second-order valence-electron chi connectivity index (χ2n) is 5.59. The molecule has 2 amide bonds. The molecule has 1 aliphatic carbocycles. The van der Waals surface area contributed by atoms with Gasteiger partial charge in [-0.3, -0.25) is 9.59 Å². The average Bonchev–Trinajstić information content (AvgIpc) is 3.08. The molecule has 2 N–H and O–H groups in total. The monoisotopic (exact) mass is 348 g/mol. The molecule has 2 atom stereocenters. The minimum Gasteiger partial charge on any atom is -0.353 e. The van der Waals surface area contributed by atoms with Crippen molar-refractivity contribution >= 4 is 34.8 Å². The summed E-state index contributed by atoms with van der Waals surface area (Å²) >= 11 is 7.35. The first-order valence-electron chi connectivity index (χ1n) is 7.48. The number of carbonyl (C=O) groups is 2. The van der Waals surface area contributed by atoms with E-state index in [1.165, 1.54) is 16.9 Å². The summed E-state index contributed by atoms with van der Waals surface area (Å²) in [4.78, 5) is 23.7. The number of halogens is 1. The van der Waals surface area contributed by atoms with Crippen LogP contribution in [0.2, 0.25) is 5.02 Å². The van der Waals surface area contributed by atoms with Gasteiger partial charge in [-0.15, -0.1) is 0 Å². The maximum absolute atomic E-state index is 11.9. The van der Waals surface area contributed by atoms with E-state index >= 15 is 0 Å². The lowest BCUT2D eigenvalue weighted by atomic mass is 10.1. The standard InChI is InChI=1S/C17H17ClN2O2S/c18-13-3-1-11(2-4-13)14-9-15(14)20-16(21)5-7-19-17(22)12-6-8-23-10-12/h1-4,6,8,10,14-15H,5,7,9H2,(H,19,22)(H,20,21)/t14-,15+/m0/s1. The van der Waals surface area contributed by atoms with E-state index < -0.39 is 0 Å². The van der Waals surface area contributed by atoms with Gasteiger partial charge in [-0.2, -0.15) is 11.3 Å². The SMILES string of the molecule is O=C(CCNC(=O)c1ccsc1)N[C@@H]1C[C@H]1c1ccc(Cl)cc1. The Morgan fingerprint density at radius 3 is 2.70 bits per heavy atom. The fourth-order valence-electron chi connectivity index (χ4n) is 2.50. The quantitative estimate of drug-likeness (QED) is 0.842. The fraction of sp³-hybridized carbons (Fsp3) is 0.294. The number of rotatable bonds is 6. The van der Waals surface area contributed by atoms with Gasteiger partial charge in [0.05, 0.1) is 0 Å². The van der Waals surface area contributed by atoms with Crippen molar-refractivity contribution in [1.82, 2.24) is 10.6 Å². The van der Waals surface area contributed by atoms with Gasteiger partial charge in [-0.1, -0.05) is 23.7 Å². The molecule has 0 aliphatic heterocycles. The van der Waals surface area contributed by atoms with E-state index in [-0.39, 0.29) is 17.9 Å². The Morgan fingerprint density at radius 1 is 1.22 bits per heavy atom. The molecule has 0 radical (unpaired) electrons. The van der Waals surface area contributed by atoms with Gasteiger partial charge < -0.3 is 10.6 Å². The average molecular weight is 349 g/mol. The normalized spacial score (nSPS) is 19.2. The van der Waals surface area contributed by atoms with Crippen LogP contribution in [0.25, 0.3) is 0 Å². The first-order valence-corrected chi connectivity index (χ1v) is 8.81. The van der Waals surface area contributed by atoms with Gasteiger partial charge in [0, 0.05) is 40.9 Å². The van der Waals surface area contributed by atoms with Crippen LogP contribution in [0.4, 0.5) is 0 Å². The van der Waals surface area contributed by atoms with Gasteiger partial charge in [-0.05, 0) is 35.6 Å². The van der Waals surface area contributed by atoms with Crippen LogP contribution in [0.15, 0.2) is 41.1 Å². The molecule has 1 fully saturated rings. The number of benzene rings is 1. The van der Waals surface area contributed by atoms with Crippen LogP contribution < -0.4 is 10.6 Å². The van der Waals surface area contributed by atoms with E-state index in [0.29, 0.717) is 24.4 Å². The third kappa shape index (κ3) is 4.33. The Balaban J connectivity index is 1.37. The Hall–Kier alpha value is -1.85. The van der Waals surface area contributed by atoms with Gasteiger partial charge >= 0.3 is 0 Å². The Kier molecular flexibility index (Phi) is 4.98. The summed E-state index contributed by atoms with van der Waals surface area (Å²) in [6, 6.07) is 9.69. The van der Waals surface area contributed by atoms with Crippen LogP contribution in [0.3, 0.4) is 0 Å². The molecule has 0 spiro atoms. The van der Waals surface area contributed by atoms with Crippen LogP contribution >= 0.6 is 22.9 Å². The van der Waals surface area contributed by atoms with Crippen molar-refractivity contribution in [1.29, 1.82) is 0 Å². The van der Waals surface area contributed by atoms with E-state index in [9.17, 15) is 9.59 Å². The number of carbonyl (C=O) groups excluding carboxylic acids is 2. The number of thiophene rings is 1. The second kappa shape index (κ2) is 7.15. The second-order valence-corrected chi connectivity index (χ2v) is 6.80. The molecule has 1 aromatic carbocycles. The van der Waals surface area contributed by atoms with Crippen molar-refractivity contribution < 1.29 is 9.59 Å². The third-order valence-electron chi connectivity index (χ3n) is 3.86. The minimum atomic E-state index is -0.135. The van der Waals surface area contributed by atoms with Crippen molar-refractivity contribution in [2.45, 2.75) is 24.8 Å². The van der Waals surface area contributed by atoms with Gasteiger partial charge in [-0.25, -0.2) is 0 Å². The number of hydrogen-bond acceptors (Lipinski definition) is 3. The van der Waals surface area contributed by atoms with E-state index in [1.54, 1.807) is 11.4 Å². The van der Waals surface area contributed by atoms with Gasteiger partial charge in [0.1, 0.15) is 0 Å². The highest BCUT2D eigenvalue weighted by Crippen LogP contribution is 2.41. The zero-order chi connectivity index (χ0) is 16.2. The van der Waals surface area contributed by atoms with E-state index in [1.807, 2.05) is 29.6 Å². The first-order chi connectivity index (χ1) is 11.1. The Morgan fingerprint density at radius 2 is 2.00 bits per heavy atom. The summed E-state index contributed by atoms with van der Waals surface area (Å²) in [5, 5.41) is 10.1. The summed E-state index contributed by atoms with van der Waals surface area (Å²) < 4.78 is 0. The number of nitrogens with one attached hydrogen (secondary N) is 2. The summed E-state index contributed by atoms with van der Waals surface area (Å²) in [5.74, 6) is 0.207.